The molecule has 0 spiro atoms. The minimum absolute atomic E-state index is 0.440. The quantitative estimate of drug-likeness (QED) is 0.846. The highest BCUT2D eigenvalue weighted by Crippen LogP contribution is 2.31. The van der Waals surface area contributed by atoms with Gasteiger partial charge in [0.1, 0.15) is 0 Å². The minimum atomic E-state index is 0.440. The van der Waals surface area contributed by atoms with Crippen LogP contribution >= 0.6 is 15.9 Å². The number of rotatable bonds is 4. The van der Waals surface area contributed by atoms with E-state index in [1.807, 2.05) is 0 Å². The molecule has 2 rings (SSSR count). The SMILES string of the molecule is CCNc1cc(C(C)C)nc2c(CC)cc(Br)cc12. The zero-order valence-electron chi connectivity index (χ0n) is 12.0. The van der Waals surface area contributed by atoms with Gasteiger partial charge in [-0.25, -0.2) is 0 Å². The average Bonchev–Trinajstić information content (AvgIpc) is 2.38. The molecule has 0 aliphatic rings. The normalized spacial score (nSPS) is 11.3. The standard InChI is InChI=1S/C16H21BrN2/c1-5-11-7-12(17)8-13-15(18-6-2)9-14(10(3)4)19-16(11)13/h7-10H,5-6H2,1-4H3,(H,18,19). The highest BCUT2D eigenvalue weighted by molar-refractivity contribution is 9.10. The van der Waals surface area contributed by atoms with Crippen LogP contribution in [0, 0.1) is 0 Å². The Hall–Kier alpha value is -1.09. The molecule has 0 amide bonds. The van der Waals surface area contributed by atoms with Crippen LogP contribution in [0.5, 0.6) is 0 Å². The lowest BCUT2D eigenvalue weighted by Gasteiger charge is -2.15. The lowest BCUT2D eigenvalue weighted by molar-refractivity contribution is 0.829. The number of hydrogen-bond acceptors (Lipinski definition) is 2. The molecule has 0 atom stereocenters. The second kappa shape index (κ2) is 5.91. The zero-order valence-corrected chi connectivity index (χ0v) is 13.6. The van der Waals surface area contributed by atoms with Gasteiger partial charge in [0.2, 0.25) is 0 Å². The maximum absolute atomic E-state index is 4.87. The Morgan fingerprint density at radius 3 is 2.53 bits per heavy atom. The van der Waals surface area contributed by atoms with Crippen molar-refractivity contribution in [1.82, 2.24) is 4.98 Å². The Labute approximate surface area is 123 Å². The highest BCUT2D eigenvalue weighted by Gasteiger charge is 2.11. The van der Waals surface area contributed by atoms with Gasteiger partial charge in [-0.15, -0.1) is 0 Å². The number of anilines is 1. The van der Waals surface area contributed by atoms with Gasteiger partial charge in [-0.2, -0.15) is 0 Å². The number of aryl methyl sites for hydroxylation is 1. The molecule has 102 valence electrons. The van der Waals surface area contributed by atoms with Crippen LogP contribution in [0.25, 0.3) is 10.9 Å². The summed E-state index contributed by atoms with van der Waals surface area (Å²) in [5.41, 5.74) is 4.77. The molecule has 0 unspecified atom stereocenters. The number of pyridine rings is 1. The molecule has 0 saturated heterocycles. The van der Waals surface area contributed by atoms with Gasteiger partial charge in [-0.05, 0) is 43.0 Å². The van der Waals surface area contributed by atoms with E-state index in [2.05, 4.69) is 67.1 Å². The molecule has 0 fully saturated rings. The van der Waals surface area contributed by atoms with Crippen LogP contribution in [0.1, 0.15) is 44.9 Å². The number of hydrogen-bond donors (Lipinski definition) is 1. The van der Waals surface area contributed by atoms with Crippen LogP contribution in [-0.4, -0.2) is 11.5 Å². The first-order valence-corrected chi connectivity index (χ1v) is 7.73. The predicted molar refractivity (Wildman–Crippen MR) is 87.1 cm³/mol. The molecule has 0 saturated carbocycles. The molecule has 19 heavy (non-hydrogen) atoms. The molecule has 2 aromatic rings. The molecule has 0 radical (unpaired) electrons. The van der Waals surface area contributed by atoms with E-state index in [0.29, 0.717) is 5.92 Å². The number of nitrogens with one attached hydrogen (secondary N) is 1. The van der Waals surface area contributed by atoms with E-state index in [1.54, 1.807) is 0 Å². The molecule has 1 aromatic heterocycles. The fourth-order valence-corrected chi connectivity index (χ4v) is 2.79. The Bertz CT molecular complexity index is 591. The Morgan fingerprint density at radius 1 is 1.21 bits per heavy atom. The molecular weight excluding hydrogens is 300 g/mol. The maximum Gasteiger partial charge on any atom is 0.0758 e. The summed E-state index contributed by atoms with van der Waals surface area (Å²) in [6, 6.07) is 6.52. The summed E-state index contributed by atoms with van der Waals surface area (Å²) in [4.78, 5) is 4.87. The molecule has 1 aromatic carbocycles. The van der Waals surface area contributed by atoms with E-state index in [4.69, 9.17) is 4.98 Å². The van der Waals surface area contributed by atoms with E-state index in [0.717, 1.165) is 28.6 Å². The van der Waals surface area contributed by atoms with Crippen LogP contribution in [0.3, 0.4) is 0 Å². The summed E-state index contributed by atoms with van der Waals surface area (Å²) >= 11 is 3.60. The summed E-state index contributed by atoms with van der Waals surface area (Å²) in [6.45, 7) is 9.60. The Balaban J connectivity index is 2.78. The van der Waals surface area contributed by atoms with E-state index in [9.17, 15) is 0 Å². The summed E-state index contributed by atoms with van der Waals surface area (Å²) in [6.07, 6.45) is 0.996. The summed E-state index contributed by atoms with van der Waals surface area (Å²) in [5.74, 6) is 0.440. The third-order valence-corrected chi connectivity index (χ3v) is 3.77. The number of nitrogens with zero attached hydrogens (tertiary/aromatic N) is 1. The molecule has 1 N–H and O–H groups in total. The third-order valence-electron chi connectivity index (χ3n) is 3.32. The van der Waals surface area contributed by atoms with E-state index >= 15 is 0 Å². The van der Waals surface area contributed by atoms with E-state index in [1.165, 1.54) is 16.6 Å². The van der Waals surface area contributed by atoms with Crippen LogP contribution < -0.4 is 5.32 Å². The van der Waals surface area contributed by atoms with Crippen molar-refractivity contribution in [1.29, 1.82) is 0 Å². The van der Waals surface area contributed by atoms with Crippen molar-refractivity contribution in [3.8, 4) is 0 Å². The fourth-order valence-electron chi connectivity index (χ4n) is 2.28. The zero-order chi connectivity index (χ0) is 14.0. The first kappa shape index (κ1) is 14.3. The molecule has 0 aliphatic heterocycles. The van der Waals surface area contributed by atoms with Gasteiger partial charge < -0.3 is 5.32 Å². The van der Waals surface area contributed by atoms with Crippen molar-refractivity contribution in [2.24, 2.45) is 0 Å². The molecule has 1 heterocycles. The first-order valence-electron chi connectivity index (χ1n) is 6.93. The molecule has 0 bridgehead atoms. The Morgan fingerprint density at radius 2 is 1.95 bits per heavy atom. The molecular formula is C16H21BrN2. The van der Waals surface area contributed by atoms with E-state index < -0.39 is 0 Å². The van der Waals surface area contributed by atoms with Crippen molar-refractivity contribution >= 4 is 32.5 Å². The van der Waals surface area contributed by atoms with Gasteiger partial charge in [0, 0.05) is 27.8 Å². The maximum atomic E-state index is 4.87. The van der Waals surface area contributed by atoms with Crippen LogP contribution in [0.2, 0.25) is 0 Å². The Kier molecular flexibility index (Phi) is 4.46. The topological polar surface area (TPSA) is 24.9 Å². The van der Waals surface area contributed by atoms with Gasteiger partial charge in [0.05, 0.1) is 5.52 Å². The van der Waals surface area contributed by atoms with Crippen LogP contribution in [0.4, 0.5) is 5.69 Å². The number of halogens is 1. The number of fused-ring (bicyclic) bond motifs is 1. The first-order chi connectivity index (χ1) is 9.06. The van der Waals surface area contributed by atoms with Crippen molar-refractivity contribution in [3.05, 3.63) is 33.9 Å². The van der Waals surface area contributed by atoms with Gasteiger partial charge >= 0.3 is 0 Å². The van der Waals surface area contributed by atoms with Crippen molar-refractivity contribution in [3.63, 3.8) is 0 Å². The van der Waals surface area contributed by atoms with Crippen LogP contribution in [0.15, 0.2) is 22.7 Å². The third kappa shape index (κ3) is 2.92. The second-order valence-corrected chi connectivity index (χ2v) is 6.01. The smallest absolute Gasteiger partial charge is 0.0758 e. The molecule has 3 heteroatoms. The monoisotopic (exact) mass is 320 g/mol. The van der Waals surface area contributed by atoms with Gasteiger partial charge in [-0.1, -0.05) is 36.7 Å². The van der Waals surface area contributed by atoms with Crippen LogP contribution in [-0.2, 0) is 6.42 Å². The minimum Gasteiger partial charge on any atom is -0.385 e. The fraction of sp³-hybridized carbons (Fsp3) is 0.438. The number of benzene rings is 1. The molecule has 0 aliphatic carbocycles. The predicted octanol–water partition coefficient (Wildman–Crippen LogP) is 5.11. The average molecular weight is 321 g/mol. The van der Waals surface area contributed by atoms with Gasteiger partial charge in [0.15, 0.2) is 0 Å². The molecule has 2 nitrogen and oxygen atoms in total. The lowest BCUT2D eigenvalue weighted by atomic mass is 10.0. The van der Waals surface area contributed by atoms with Gasteiger partial charge in [-0.3, -0.25) is 4.98 Å². The van der Waals surface area contributed by atoms with E-state index in [-0.39, 0.29) is 0 Å². The van der Waals surface area contributed by atoms with Crippen molar-refractivity contribution < 1.29 is 0 Å². The lowest BCUT2D eigenvalue weighted by Crippen LogP contribution is -2.03. The summed E-state index contributed by atoms with van der Waals surface area (Å²) in [7, 11) is 0. The van der Waals surface area contributed by atoms with Crippen molar-refractivity contribution in [2.45, 2.75) is 40.0 Å². The largest absolute Gasteiger partial charge is 0.385 e. The highest BCUT2D eigenvalue weighted by atomic mass is 79.9. The summed E-state index contributed by atoms with van der Waals surface area (Å²) < 4.78 is 1.12. The summed E-state index contributed by atoms with van der Waals surface area (Å²) in [5, 5.41) is 4.67. The number of aromatic nitrogens is 1. The van der Waals surface area contributed by atoms with Gasteiger partial charge in [0.25, 0.3) is 0 Å². The second-order valence-electron chi connectivity index (χ2n) is 5.09. The van der Waals surface area contributed by atoms with Crippen molar-refractivity contribution in [2.75, 3.05) is 11.9 Å².